The fourth-order valence-corrected chi connectivity index (χ4v) is 3.41. The van der Waals surface area contributed by atoms with Crippen LogP contribution in [0.5, 0.6) is 0 Å². The molecule has 25 heavy (non-hydrogen) atoms. The summed E-state index contributed by atoms with van der Waals surface area (Å²) in [4.78, 5) is 23.4. The minimum absolute atomic E-state index is 0.0875. The Hall–Kier alpha value is -1.69. The van der Waals surface area contributed by atoms with E-state index < -0.39 is 33.4 Å². The first-order valence-electron chi connectivity index (χ1n) is 6.72. The van der Waals surface area contributed by atoms with E-state index in [4.69, 9.17) is 21.5 Å². The summed E-state index contributed by atoms with van der Waals surface area (Å²) in [5, 5.41) is 7.51. The van der Waals surface area contributed by atoms with Crippen molar-refractivity contribution in [1.29, 1.82) is 0 Å². The largest absolute Gasteiger partial charge is 0.452 e. The minimum Gasteiger partial charge on any atom is -0.452 e. The van der Waals surface area contributed by atoms with Gasteiger partial charge in [0.2, 0.25) is 10.0 Å². The predicted octanol–water partition coefficient (Wildman–Crippen LogP) is 2.39. The number of carbonyl (C=O) groups is 2. The lowest BCUT2D eigenvalue weighted by Gasteiger charge is -2.09. The molecule has 3 N–H and O–H groups in total. The van der Waals surface area contributed by atoms with E-state index in [0.29, 0.717) is 5.69 Å². The Morgan fingerprint density at radius 1 is 1.20 bits per heavy atom. The third-order valence-corrected chi connectivity index (χ3v) is 5.29. The van der Waals surface area contributed by atoms with Gasteiger partial charge < -0.3 is 10.1 Å². The Morgan fingerprint density at radius 3 is 2.52 bits per heavy atom. The topological polar surface area (TPSA) is 116 Å². The molecular weight excluding hydrogens is 483 g/mol. The Morgan fingerprint density at radius 2 is 1.88 bits per heavy atom. The molecule has 0 saturated heterocycles. The van der Waals surface area contributed by atoms with Gasteiger partial charge in [-0.2, -0.15) is 0 Å². The summed E-state index contributed by atoms with van der Waals surface area (Å²) >= 11 is 7.80. The van der Waals surface area contributed by atoms with Crippen LogP contribution in [0, 0.1) is 3.57 Å². The number of amides is 1. The lowest BCUT2D eigenvalue weighted by molar-refractivity contribution is -0.119. The van der Waals surface area contributed by atoms with Gasteiger partial charge in [0.05, 0.1) is 16.3 Å². The molecule has 0 bridgehead atoms. The second-order valence-electron chi connectivity index (χ2n) is 4.79. The number of halogens is 2. The van der Waals surface area contributed by atoms with Crippen molar-refractivity contribution >= 4 is 61.8 Å². The van der Waals surface area contributed by atoms with Crippen LogP contribution in [0.2, 0.25) is 5.02 Å². The second kappa shape index (κ2) is 8.13. The number of esters is 1. The van der Waals surface area contributed by atoms with Gasteiger partial charge in [-0.1, -0.05) is 23.7 Å². The van der Waals surface area contributed by atoms with E-state index in [2.05, 4.69) is 27.9 Å². The number of sulfonamides is 1. The molecule has 0 aliphatic rings. The minimum atomic E-state index is -4.09. The van der Waals surface area contributed by atoms with Crippen molar-refractivity contribution in [3.8, 4) is 0 Å². The van der Waals surface area contributed by atoms with Gasteiger partial charge in [0.1, 0.15) is 4.90 Å². The van der Waals surface area contributed by atoms with E-state index in [1.54, 1.807) is 12.1 Å². The number of hydrogen-bond acceptors (Lipinski definition) is 5. The van der Waals surface area contributed by atoms with Gasteiger partial charge in [0.15, 0.2) is 6.61 Å². The highest BCUT2D eigenvalue weighted by Crippen LogP contribution is 2.22. The maximum absolute atomic E-state index is 12.0. The quantitative estimate of drug-likeness (QED) is 0.489. The summed E-state index contributed by atoms with van der Waals surface area (Å²) in [6.45, 7) is -0.531. The summed E-state index contributed by atoms with van der Waals surface area (Å²) in [6, 6.07) is 10.6. The fraction of sp³-hybridized carbons (Fsp3) is 0.0667. The van der Waals surface area contributed by atoms with Crippen LogP contribution >= 0.6 is 34.2 Å². The second-order valence-corrected chi connectivity index (χ2v) is 7.89. The Bertz CT molecular complexity index is 933. The van der Waals surface area contributed by atoms with E-state index in [9.17, 15) is 18.0 Å². The number of ether oxygens (including phenoxy) is 1. The predicted molar refractivity (Wildman–Crippen MR) is 101 cm³/mol. The highest BCUT2D eigenvalue weighted by molar-refractivity contribution is 14.1. The van der Waals surface area contributed by atoms with Crippen molar-refractivity contribution < 1.29 is 22.7 Å². The average molecular weight is 495 g/mol. The van der Waals surface area contributed by atoms with Gasteiger partial charge in [0.25, 0.3) is 5.91 Å². The molecule has 132 valence electrons. The number of carbonyl (C=O) groups excluding carboxylic acids is 2. The molecule has 2 aromatic carbocycles. The molecule has 0 radical (unpaired) electrons. The summed E-state index contributed by atoms with van der Waals surface area (Å²) < 4.78 is 28.5. The van der Waals surface area contributed by atoms with Gasteiger partial charge in [-0.3, -0.25) is 4.79 Å². The van der Waals surface area contributed by atoms with E-state index in [0.717, 1.165) is 9.64 Å². The van der Waals surface area contributed by atoms with Crippen LogP contribution in [0.25, 0.3) is 0 Å². The lowest BCUT2D eigenvalue weighted by Crippen LogP contribution is -2.21. The Kier molecular flexibility index (Phi) is 6.38. The molecule has 1 amide bonds. The van der Waals surface area contributed by atoms with Crippen molar-refractivity contribution in [3.05, 3.63) is 56.6 Å². The molecule has 0 aromatic heterocycles. The summed E-state index contributed by atoms with van der Waals surface area (Å²) in [5.74, 6) is -1.41. The van der Waals surface area contributed by atoms with Crippen LogP contribution in [0.4, 0.5) is 5.69 Å². The van der Waals surface area contributed by atoms with Crippen molar-refractivity contribution in [2.45, 2.75) is 4.90 Å². The number of rotatable bonds is 5. The highest BCUT2D eigenvalue weighted by atomic mass is 127. The number of nitrogens with two attached hydrogens (primary N) is 1. The first-order chi connectivity index (χ1) is 11.7. The van der Waals surface area contributed by atoms with Crippen LogP contribution < -0.4 is 10.5 Å². The van der Waals surface area contributed by atoms with Gasteiger partial charge in [0, 0.05) is 3.57 Å². The Balaban J connectivity index is 2.03. The molecule has 0 atom stereocenters. The number of primary sulfonamides is 1. The van der Waals surface area contributed by atoms with Crippen molar-refractivity contribution in [1.82, 2.24) is 0 Å². The molecule has 0 aliphatic carbocycles. The zero-order valence-electron chi connectivity index (χ0n) is 12.5. The van der Waals surface area contributed by atoms with Crippen molar-refractivity contribution in [2.24, 2.45) is 5.14 Å². The normalized spacial score (nSPS) is 11.0. The van der Waals surface area contributed by atoms with Gasteiger partial charge in [-0.25, -0.2) is 18.4 Å². The van der Waals surface area contributed by atoms with Gasteiger partial charge in [-0.05, 0) is 52.9 Å². The monoisotopic (exact) mass is 494 g/mol. The SMILES string of the molecule is NS(=O)(=O)c1cc(C(=O)OCC(=O)Nc2ccccc2I)ccc1Cl. The first kappa shape index (κ1) is 19.6. The third-order valence-electron chi connectivity index (χ3n) is 2.96. The molecule has 0 spiro atoms. The van der Waals surface area contributed by atoms with E-state index in [1.165, 1.54) is 12.1 Å². The number of nitrogens with one attached hydrogen (secondary N) is 1. The van der Waals surface area contributed by atoms with Crippen LogP contribution in [-0.4, -0.2) is 26.9 Å². The smallest absolute Gasteiger partial charge is 0.338 e. The summed E-state index contributed by atoms with van der Waals surface area (Å²) in [5.41, 5.74) is 0.502. The van der Waals surface area contributed by atoms with Crippen LogP contribution in [0.1, 0.15) is 10.4 Å². The Labute approximate surface area is 162 Å². The molecule has 2 rings (SSSR count). The molecule has 0 fully saturated rings. The molecule has 10 heteroatoms. The molecule has 0 unspecified atom stereocenters. The van der Waals surface area contributed by atoms with Crippen LogP contribution in [-0.2, 0) is 19.6 Å². The van der Waals surface area contributed by atoms with E-state index in [-0.39, 0.29) is 10.6 Å². The van der Waals surface area contributed by atoms with Gasteiger partial charge in [-0.15, -0.1) is 0 Å². The number of para-hydroxylation sites is 1. The molecule has 7 nitrogen and oxygen atoms in total. The maximum atomic E-state index is 12.0. The maximum Gasteiger partial charge on any atom is 0.338 e. The summed E-state index contributed by atoms with van der Waals surface area (Å²) in [6.07, 6.45) is 0. The van der Waals surface area contributed by atoms with Crippen LogP contribution in [0.3, 0.4) is 0 Å². The highest BCUT2D eigenvalue weighted by Gasteiger charge is 2.18. The first-order valence-corrected chi connectivity index (χ1v) is 9.72. The third kappa shape index (κ3) is 5.39. The zero-order chi connectivity index (χ0) is 18.6. The van der Waals surface area contributed by atoms with Gasteiger partial charge >= 0.3 is 5.97 Å². The van der Waals surface area contributed by atoms with Crippen molar-refractivity contribution in [3.63, 3.8) is 0 Å². The number of hydrogen-bond donors (Lipinski definition) is 2. The zero-order valence-corrected chi connectivity index (χ0v) is 16.3. The fourth-order valence-electron chi connectivity index (χ4n) is 1.81. The average Bonchev–Trinajstić information content (AvgIpc) is 2.54. The molecular formula is C15H12ClIN2O5S. The van der Waals surface area contributed by atoms with E-state index in [1.807, 2.05) is 12.1 Å². The lowest BCUT2D eigenvalue weighted by atomic mass is 10.2. The van der Waals surface area contributed by atoms with Crippen molar-refractivity contribution in [2.75, 3.05) is 11.9 Å². The molecule has 0 saturated carbocycles. The molecule has 0 heterocycles. The standard InChI is InChI=1S/C15H12ClIN2O5S/c16-10-6-5-9(7-13(10)25(18,22)23)15(21)24-8-14(20)19-12-4-2-1-3-11(12)17/h1-7H,8H2,(H,19,20)(H2,18,22,23). The number of benzene rings is 2. The number of anilines is 1. The van der Waals surface area contributed by atoms with Crippen LogP contribution in [0.15, 0.2) is 47.4 Å². The molecule has 2 aromatic rings. The summed E-state index contributed by atoms with van der Waals surface area (Å²) in [7, 11) is -4.09. The molecule has 0 aliphatic heterocycles. The van der Waals surface area contributed by atoms with E-state index >= 15 is 0 Å².